The summed E-state index contributed by atoms with van der Waals surface area (Å²) in [5.74, 6) is 0.131. The fourth-order valence-corrected chi connectivity index (χ4v) is 3.70. The van der Waals surface area contributed by atoms with Crippen molar-refractivity contribution in [1.29, 1.82) is 0 Å². The minimum absolute atomic E-state index is 0.131. The van der Waals surface area contributed by atoms with Crippen molar-refractivity contribution >= 4 is 33.2 Å². The van der Waals surface area contributed by atoms with Gasteiger partial charge in [0, 0.05) is 21.3 Å². The summed E-state index contributed by atoms with van der Waals surface area (Å²) >= 11 is 5.22. The molecule has 21 heavy (non-hydrogen) atoms. The van der Waals surface area contributed by atoms with Gasteiger partial charge in [-0.05, 0) is 50.6 Å². The molecule has 0 aliphatic heterocycles. The monoisotopic (exact) mass is 365 g/mol. The lowest BCUT2D eigenvalue weighted by Gasteiger charge is -2.29. The molecule has 1 heterocycles. The number of benzene rings is 1. The molecule has 1 aromatic carbocycles. The van der Waals surface area contributed by atoms with E-state index < -0.39 is 5.41 Å². The molecule has 0 saturated carbocycles. The molecule has 2 rings (SSSR count). The molecule has 4 heteroatoms. The van der Waals surface area contributed by atoms with E-state index in [4.69, 9.17) is 0 Å². The van der Waals surface area contributed by atoms with E-state index in [0.717, 1.165) is 10.0 Å². The van der Waals surface area contributed by atoms with Crippen LogP contribution < -0.4 is 0 Å². The Hall–Kier alpha value is -1.13. The zero-order chi connectivity index (χ0) is 15.6. The van der Waals surface area contributed by atoms with Gasteiger partial charge < -0.3 is 4.90 Å². The predicted molar refractivity (Wildman–Crippen MR) is 92.7 cm³/mol. The molecule has 0 unspecified atom stereocenters. The summed E-state index contributed by atoms with van der Waals surface area (Å²) in [6, 6.07) is 12.2. The highest BCUT2D eigenvalue weighted by Crippen LogP contribution is 2.28. The van der Waals surface area contributed by atoms with Gasteiger partial charge in [-0.25, -0.2) is 0 Å². The molecule has 1 aromatic heterocycles. The molecule has 0 N–H and O–H groups in total. The van der Waals surface area contributed by atoms with Gasteiger partial charge in [-0.15, -0.1) is 11.3 Å². The highest BCUT2D eigenvalue weighted by atomic mass is 79.9. The molecule has 0 saturated heterocycles. The number of aryl methyl sites for hydroxylation is 1. The number of amides is 1. The Labute approximate surface area is 138 Å². The fraction of sp³-hybridized carbons (Fsp3) is 0.353. The Morgan fingerprint density at radius 2 is 2.00 bits per heavy atom. The Morgan fingerprint density at radius 3 is 2.57 bits per heavy atom. The summed E-state index contributed by atoms with van der Waals surface area (Å²) in [7, 11) is 1.87. The van der Waals surface area contributed by atoms with E-state index in [-0.39, 0.29) is 5.91 Å². The van der Waals surface area contributed by atoms with Gasteiger partial charge in [-0.1, -0.05) is 28.1 Å². The number of rotatable bonds is 4. The number of carbonyl (C=O) groups is 1. The Morgan fingerprint density at radius 1 is 1.29 bits per heavy atom. The maximum atomic E-state index is 12.8. The van der Waals surface area contributed by atoms with E-state index >= 15 is 0 Å². The average Bonchev–Trinajstić information content (AvgIpc) is 2.83. The number of likely N-dealkylation sites (N-methyl/N-ethyl adjacent to an activating group) is 1. The third-order valence-electron chi connectivity index (χ3n) is 3.62. The molecule has 1 amide bonds. The van der Waals surface area contributed by atoms with Gasteiger partial charge in [0.05, 0.1) is 12.0 Å². The molecule has 0 fully saturated rings. The molecule has 0 bridgehead atoms. The van der Waals surface area contributed by atoms with Crippen LogP contribution in [0.15, 0.2) is 40.9 Å². The Bertz CT molecular complexity index is 648. The minimum atomic E-state index is -0.537. The fourth-order valence-electron chi connectivity index (χ4n) is 2.35. The minimum Gasteiger partial charge on any atom is -0.340 e. The summed E-state index contributed by atoms with van der Waals surface area (Å²) in [6.07, 6.45) is 0. The van der Waals surface area contributed by atoms with Gasteiger partial charge in [-0.3, -0.25) is 4.79 Å². The van der Waals surface area contributed by atoms with Crippen LogP contribution >= 0.6 is 27.3 Å². The highest BCUT2D eigenvalue weighted by molar-refractivity contribution is 9.10. The number of carbonyl (C=O) groups excluding carboxylic acids is 1. The largest absolute Gasteiger partial charge is 0.340 e. The molecule has 0 radical (unpaired) electrons. The van der Waals surface area contributed by atoms with Crippen molar-refractivity contribution in [2.24, 2.45) is 0 Å². The number of nitrogens with zero attached hydrogens (tertiary/aromatic N) is 1. The van der Waals surface area contributed by atoms with Gasteiger partial charge in [0.1, 0.15) is 0 Å². The third-order valence-corrected chi connectivity index (χ3v) is 5.10. The smallest absolute Gasteiger partial charge is 0.232 e. The second-order valence-electron chi connectivity index (χ2n) is 5.81. The first kappa shape index (κ1) is 16.2. The zero-order valence-corrected chi connectivity index (χ0v) is 15.2. The molecule has 0 aliphatic rings. The Balaban J connectivity index is 2.17. The molecular formula is C17H20BrNOS. The van der Waals surface area contributed by atoms with Crippen LogP contribution in [0.4, 0.5) is 0 Å². The van der Waals surface area contributed by atoms with Crippen LogP contribution in [0, 0.1) is 6.92 Å². The van der Waals surface area contributed by atoms with Crippen molar-refractivity contribution in [2.45, 2.75) is 32.7 Å². The van der Waals surface area contributed by atoms with Crippen molar-refractivity contribution in [3.63, 3.8) is 0 Å². The van der Waals surface area contributed by atoms with Crippen molar-refractivity contribution < 1.29 is 4.79 Å². The van der Waals surface area contributed by atoms with Crippen LogP contribution in [0.1, 0.15) is 29.2 Å². The number of halogens is 1. The molecule has 0 aliphatic carbocycles. The maximum absolute atomic E-state index is 12.8. The third kappa shape index (κ3) is 3.74. The Kier molecular flexibility index (Phi) is 4.89. The van der Waals surface area contributed by atoms with Crippen LogP contribution in [0.2, 0.25) is 0 Å². The summed E-state index contributed by atoms with van der Waals surface area (Å²) < 4.78 is 0.998. The lowest BCUT2D eigenvalue weighted by Crippen LogP contribution is -2.40. The van der Waals surface area contributed by atoms with Crippen LogP contribution in [-0.4, -0.2) is 17.9 Å². The summed E-state index contributed by atoms with van der Waals surface area (Å²) in [5.41, 5.74) is 0.487. The van der Waals surface area contributed by atoms with Gasteiger partial charge >= 0.3 is 0 Å². The van der Waals surface area contributed by atoms with E-state index in [0.29, 0.717) is 6.54 Å². The molecule has 0 atom stereocenters. The lowest BCUT2D eigenvalue weighted by atomic mass is 9.83. The number of hydrogen-bond donors (Lipinski definition) is 0. The molecule has 0 spiro atoms. The molecule has 112 valence electrons. The molecule has 2 nitrogen and oxygen atoms in total. The van der Waals surface area contributed by atoms with E-state index in [1.54, 1.807) is 11.3 Å². The maximum Gasteiger partial charge on any atom is 0.232 e. The quantitative estimate of drug-likeness (QED) is 0.764. The normalized spacial score (nSPS) is 11.5. The van der Waals surface area contributed by atoms with Crippen molar-refractivity contribution in [1.82, 2.24) is 4.90 Å². The molecule has 2 aromatic rings. The number of hydrogen-bond acceptors (Lipinski definition) is 2. The number of thiophene rings is 1. The van der Waals surface area contributed by atoms with Crippen LogP contribution in [0.25, 0.3) is 0 Å². The average molecular weight is 366 g/mol. The highest BCUT2D eigenvalue weighted by Gasteiger charge is 2.32. The van der Waals surface area contributed by atoms with Gasteiger partial charge in [0.2, 0.25) is 5.91 Å². The van der Waals surface area contributed by atoms with Crippen LogP contribution in [0.3, 0.4) is 0 Å². The van der Waals surface area contributed by atoms with E-state index in [1.165, 1.54) is 9.75 Å². The molecular weight excluding hydrogens is 346 g/mol. The first-order valence-corrected chi connectivity index (χ1v) is 8.48. The SMILES string of the molecule is Cc1ccc(CN(C)C(=O)C(C)(C)c2cccc(Br)c2)s1. The predicted octanol–water partition coefficient (Wildman–Crippen LogP) is 4.76. The topological polar surface area (TPSA) is 20.3 Å². The first-order valence-electron chi connectivity index (χ1n) is 6.87. The summed E-state index contributed by atoms with van der Waals surface area (Å²) in [6.45, 7) is 6.71. The second kappa shape index (κ2) is 6.32. The summed E-state index contributed by atoms with van der Waals surface area (Å²) in [4.78, 5) is 17.1. The van der Waals surface area contributed by atoms with Crippen molar-refractivity contribution in [3.05, 3.63) is 56.2 Å². The van der Waals surface area contributed by atoms with Gasteiger partial charge in [0.15, 0.2) is 0 Å². The van der Waals surface area contributed by atoms with E-state index in [9.17, 15) is 4.79 Å². The summed E-state index contributed by atoms with van der Waals surface area (Å²) in [5, 5.41) is 0. The van der Waals surface area contributed by atoms with E-state index in [2.05, 4.69) is 35.0 Å². The van der Waals surface area contributed by atoms with Gasteiger partial charge in [0.25, 0.3) is 0 Å². The zero-order valence-electron chi connectivity index (χ0n) is 12.8. The van der Waals surface area contributed by atoms with Crippen molar-refractivity contribution in [3.8, 4) is 0 Å². The van der Waals surface area contributed by atoms with Gasteiger partial charge in [-0.2, -0.15) is 0 Å². The first-order chi connectivity index (χ1) is 9.80. The van der Waals surface area contributed by atoms with Crippen molar-refractivity contribution in [2.75, 3.05) is 7.05 Å². The van der Waals surface area contributed by atoms with E-state index in [1.807, 2.05) is 50.1 Å². The lowest BCUT2D eigenvalue weighted by molar-refractivity contribution is -0.135. The van der Waals surface area contributed by atoms with Crippen LogP contribution in [-0.2, 0) is 16.8 Å². The standard InChI is InChI=1S/C17H20BrNOS/c1-12-8-9-15(21-12)11-19(4)16(20)17(2,3)13-6-5-7-14(18)10-13/h5-10H,11H2,1-4H3. The van der Waals surface area contributed by atoms with Crippen LogP contribution in [0.5, 0.6) is 0 Å². The second-order valence-corrected chi connectivity index (χ2v) is 8.10.